The topological polar surface area (TPSA) is 56.1 Å². The van der Waals surface area contributed by atoms with E-state index >= 15 is 0 Å². The zero-order valence-corrected chi connectivity index (χ0v) is 11.6. The van der Waals surface area contributed by atoms with Gasteiger partial charge in [0.05, 0.1) is 19.3 Å². The number of anilines is 1. The van der Waals surface area contributed by atoms with Gasteiger partial charge in [-0.2, -0.15) is 18.3 Å². The van der Waals surface area contributed by atoms with Crippen molar-refractivity contribution in [2.45, 2.75) is 18.8 Å². The third-order valence-electron chi connectivity index (χ3n) is 3.30. The molecule has 1 aliphatic rings. The van der Waals surface area contributed by atoms with Gasteiger partial charge in [-0.05, 0) is 12.1 Å². The lowest BCUT2D eigenvalue weighted by atomic mass is 10.3. The van der Waals surface area contributed by atoms with Gasteiger partial charge in [0, 0.05) is 31.7 Å². The van der Waals surface area contributed by atoms with Crippen molar-refractivity contribution in [3.63, 3.8) is 0 Å². The molecular formula is C13H14F3N5O. The minimum absolute atomic E-state index is 0.0728. The Hall–Kier alpha value is -2.16. The summed E-state index contributed by atoms with van der Waals surface area (Å²) < 4.78 is 45.5. The molecule has 22 heavy (non-hydrogen) atoms. The number of ether oxygens (including phenoxy) is 1. The van der Waals surface area contributed by atoms with Crippen LogP contribution in [0.25, 0.3) is 0 Å². The highest BCUT2D eigenvalue weighted by Crippen LogP contribution is 2.28. The van der Waals surface area contributed by atoms with Crippen molar-refractivity contribution in [2.75, 3.05) is 24.6 Å². The summed E-state index contributed by atoms with van der Waals surface area (Å²) in [7, 11) is 0. The fraction of sp³-hybridized carbons (Fsp3) is 0.462. The van der Waals surface area contributed by atoms with Crippen LogP contribution >= 0.6 is 0 Å². The molecule has 2 aromatic rings. The second-order valence-corrected chi connectivity index (χ2v) is 4.91. The number of nitrogens with zero attached hydrogens (tertiary/aromatic N) is 5. The van der Waals surface area contributed by atoms with Crippen LogP contribution in [0.3, 0.4) is 0 Å². The van der Waals surface area contributed by atoms with E-state index in [-0.39, 0.29) is 12.1 Å². The second kappa shape index (κ2) is 5.91. The van der Waals surface area contributed by atoms with Gasteiger partial charge in [0.25, 0.3) is 0 Å². The van der Waals surface area contributed by atoms with Gasteiger partial charge in [-0.15, -0.1) is 0 Å². The summed E-state index contributed by atoms with van der Waals surface area (Å²) in [6.45, 7) is 1.81. The average Bonchev–Trinajstić information content (AvgIpc) is 3.00. The summed E-state index contributed by atoms with van der Waals surface area (Å²) in [6, 6.07) is 2.67. The van der Waals surface area contributed by atoms with Crippen molar-refractivity contribution in [1.82, 2.24) is 19.7 Å². The molecule has 0 spiro atoms. The lowest BCUT2D eigenvalue weighted by Crippen LogP contribution is -2.45. The molecule has 0 radical (unpaired) electrons. The maximum atomic E-state index is 12.7. The Kier molecular flexibility index (Phi) is 3.97. The SMILES string of the molecule is FC(F)(F)c1ccnc(N2CCO[C@H](Cn3cccn3)C2)n1. The predicted octanol–water partition coefficient (Wildman–Crippen LogP) is 1.60. The van der Waals surface area contributed by atoms with E-state index in [1.54, 1.807) is 21.8 Å². The lowest BCUT2D eigenvalue weighted by molar-refractivity contribution is -0.141. The minimum Gasteiger partial charge on any atom is -0.373 e. The van der Waals surface area contributed by atoms with Crippen LogP contribution in [-0.2, 0) is 17.5 Å². The Morgan fingerprint density at radius 2 is 2.18 bits per heavy atom. The molecule has 9 heteroatoms. The first-order chi connectivity index (χ1) is 10.5. The van der Waals surface area contributed by atoms with Crippen LogP contribution in [0.2, 0.25) is 0 Å². The summed E-state index contributed by atoms with van der Waals surface area (Å²) in [5, 5.41) is 4.09. The molecule has 1 atom stereocenters. The Bertz CT molecular complexity index is 616. The van der Waals surface area contributed by atoms with E-state index < -0.39 is 11.9 Å². The maximum absolute atomic E-state index is 12.7. The molecule has 1 saturated heterocycles. The van der Waals surface area contributed by atoms with E-state index in [2.05, 4.69) is 15.1 Å². The average molecular weight is 313 g/mol. The molecule has 0 N–H and O–H groups in total. The van der Waals surface area contributed by atoms with Crippen LogP contribution in [0.15, 0.2) is 30.7 Å². The van der Waals surface area contributed by atoms with Gasteiger partial charge in [-0.25, -0.2) is 9.97 Å². The summed E-state index contributed by atoms with van der Waals surface area (Å²) >= 11 is 0. The van der Waals surface area contributed by atoms with Crippen LogP contribution in [0, 0.1) is 0 Å². The number of rotatable bonds is 3. The fourth-order valence-corrected chi connectivity index (χ4v) is 2.29. The van der Waals surface area contributed by atoms with Gasteiger partial charge >= 0.3 is 6.18 Å². The first-order valence-corrected chi connectivity index (χ1v) is 6.76. The monoisotopic (exact) mass is 313 g/mol. The van der Waals surface area contributed by atoms with Gasteiger partial charge in [0.15, 0.2) is 0 Å². The normalized spacial score (nSPS) is 19.4. The van der Waals surface area contributed by atoms with Crippen molar-refractivity contribution in [3.8, 4) is 0 Å². The number of halogens is 3. The van der Waals surface area contributed by atoms with Crippen molar-refractivity contribution in [3.05, 3.63) is 36.4 Å². The Morgan fingerprint density at radius 3 is 2.91 bits per heavy atom. The molecule has 1 fully saturated rings. The molecule has 0 aromatic carbocycles. The number of aromatic nitrogens is 4. The van der Waals surface area contributed by atoms with Crippen LogP contribution in [-0.4, -0.2) is 45.5 Å². The van der Waals surface area contributed by atoms with E-state index in [4.69, 9.17) is 4.74 Å². The van der Waals surface area contributed by atoms with E-state index in [0.29, 0.717) is 26.2 Å². The minimum atomic E-state index is -4.47. The zero-order valence-electron chi connectivity index (χ0n) is 11.6. The van der Waals surface area contributed by atoms with Crippen molar-refractivity contribution >= 4 is 5.95 Å². The molecule has 1 aliphatic heterocycles. The number of morpholine rings is 1. The lowest BCUT2D eigenvalue weighted by Gasteiger charge is -2.33. The molecule has 0 saturated carbocycles. The Morgan fingerprint density at radius 1 is 1.32 bits per heavy atom. The number of alkyl halides is 3. The highest BCUT2D eigenvalue weighted by atomic mass is 19.4. The van der Waals surface area contributed by atoms with E-state index in [0.717, 1.165) is 12.3 Å². The van der Waals surface area contributed by atoms with Gasteiger partial charge in [-0.3, -0.25) is 4.68 Å². The van der Waals surface area contributed by atoms with Crippen molar-refractivity contribution < 1.29 is 17.9 Å². The van der Waals surface area contributed by atoms with Crippen LogP contribution < -0.4 is 4.90 Å². The summed E-state index contributed by atoms with van der Waals surface area (Å²) in [4.78, 5) is 9.26. The molecule has 3 rings (SSSR count). The zero-order chi connectivity index (χ0) is 15.6. The quantitative estimate of drug-likeness (QED) is 0.861. The van der Waals surface area contributed by atoms with Gasteiger partial charge in [0.1, 0.15) is 5.69 Å². The third kappa shape index (κ3) is 3.35. The molecule has 3 heterocycles. The van der Waals surface area contributed by atoms with Crippen LogP contribution in [0.1, 0.15) is 5.69 Å². The van der Waals surface area contributed by atoms with Crippen LogP contribution in [0.5, 0.6) is 0 Å². The molecule has 0 bridgehead atoms. The van der Waals surface area contributed by atoms with Crippen LogP contribution in [0.4, 0.5) is 19.1 Å². The molecule has 6 nitrogen and oxygen atoms in total. The molecule has 0 aliphatic carbocycles. The van der Waals surface area contributed by atoms with E-state index in [1.165, 1.54) is 0 Å². The highest BCUT2D eigenvalue weighted by Gasteiger charge is 2.33. The number of hydrogen-bond acceptors (Lipinski definition) is 5. The number of hydrogen-bond donors (Lipinski definition) is 0. The predicted molar refractivity (Wildman–Crippen MR) is 71.2 cm³/mol. The summed E-state index contributed by atoms with van der Waals surface area (Å²) in [6.07, 6.45) is -0.0481. The summed E-state index contributed by atoms with van der Waals surface area (Å²) in [5.74, 6) is 0.0728. The molecule has 0 amide bonds. The van der Waals surface area contributed by atoms with Crippen molar-refractivity contribution in [2.24, 2.45) is 0 Å². The second-order valence-electron chi connectivity index (χ2n) is 4.91. The molecular weight excluding hydrogens is 299 g/mol. The van der Waals surface area contributed by atoms with E-state index in [1.807, 2.05) is 6.20 Å². The van der Waals surface area contributed by atoms with Gasteiger partial charge < -0.3 is 9.64 Å². The first-order valence-electron chi connectivity index (χ1n) is 6.76. The summed E-state index contributed by atoms with van der Waals surface area (Å²) in [5.41, 5.74) is -0.937. The third-order valence-corrected chi connectivity index (χ3v) is 3.30. The van der Waals surface area contributed by atoms with Gasteiger partial charge in [0.2, 0.25) is 5.95 Å². The maximum Gasteiger partial charge on any atom is 0.433 e. The molecule has 2 aromatic heterocycles. The first kappa shape index (κ1) is 14.8. The molecule has 0 unspecified atom stereocenters. The highest BCUT2D eigenvalue weighted by molar-refractivity contribution is 5.31. The van der Waals surface area contributed by atoms with Crippen molar-refractivity contribution in [1.29, 1.82) is 0 Å². The van der Waals surface area contributed by atoms with Gasteiger partial charge in [-0.1, -0.05) is 0 Å². The largest absolute Gasteiger partial charge is 0.433 e. The standard InChI is InChI=1S/C13H14F3N5O/c14-13(15,16)11-2-4-17-12(19-11)20-6-7-22-10(8-20)9-21-5-1-3-18-21/h1-5,10H,6-9H2/t10-/m0/s1. The molecule has 118 valence electrons. The Balaban J connectivity index is 1.72. The smallest absolute Gasteiger partial charge is 0.373 e. The van der Waals surface area contributed by atoms with E-state index in [9.17, 15) is 13.2 Å². The Labute approximate surface area is 124 Å². The fourth-order valence-electron chi connectivity index (χ4n) is 2.29.